The minimum atomic E-state index is -0.424. The third-order valence-corrected chi connectivity index (χ3v) is 3.71. The number of hydrogen-bond acceptors (Lipinski definition) is 4. The van der Waals surface area contributed by atoms with Crippen LogP contribution in [-0.4, -0.2) is 55.5 Å². The van der Waals surface area contributed by atoms with E-state index in [4.69, 9.17) is 9.47 Å². The van der Waals surface area contributed by atoms with Gasteiger partial charge in [-0.25, -0.2) is 4.79 Å². The minimum absolute atomic E-state index is 0.188. The van der Waals surface area contributed by atoms with Crippen LogP contribution in [0.2, 0.25) is 0 Å². The van der Waals surface area contributed by atoms with Gasteiger partial charge in [0.05, 0.1) is 6.61 Å². The van der Waals surface area contributed by atoms with Crippen molar-refractivity contribution in [2.24, 2.45) is 0 Å². The maximum atomic E-state index is 12.1. The van der Waals surface area contributed by atoms with E-state index in [9.17, 15) is 4.79 Å². The van der Waals surface area contributed by atoms with E-state index in [1.54, 1.807) is 7.11 Å². The first-order valence-corrected chi connectivity index (χ1v) is 8.08. The molecule has 5 heteroatoms. The van der Waals surface area contributed by atoms with Crippen LogP contribution >= 0.6 is 0 Å². The zero-order valence-electron chi connectivity index (χ0n) is 14.3. The van der Waals surface area contributed by atoms with Crippen molar-refractivity contribution in [3.63, 3.8) is 0 Å². The molecule has 1 saturated heterocycles. The fraction of sp³-hybridized carbons (Fsp3) is 0.938. The van der Waals surface area contributed by atoms with Crippen molar-refractivity contribution in [3.8, 4) is 0 Å². The maximum Gasteiger partial charge on any atom is 0.410 e. The van der Waals surface area contributed by atoms with Gasteiger partial charge in [0.2, 0.25) is 0 Å². The normalized spacial score (nSPS) is 21.8. The lowest BCUT2D eigenvalue weighted by Crippen LogP contribution is -2.42. The molecular formula is C16H32N2O3. The average molecular weight is 300 g/mol. The zero-order chi connectivity index (χ0) is 15.9. The van der Waals surface area contributed by atoms with Gasteiger partial charge in [0.15, 0.2) is 0 Å². The number of ether oxygens (including phenoxy) is 2. The molecule has 0 bridgehead atoms. The van der Waals surface area contributed by atoms with Crippen molar-refractivity contribution >= 4 is 6.09 Å². The second-order valence-electron chi connectivity index (χ2n) is 6.82. The molecule has 2 atom stereocenters. The highest BCUT2D eigenvalue weighted by Crippen LogP contribution is 2.16. The summed E-state index contributed by atoms with van der Waals surface area (Å²) in [5.41, 5.74) is -0.424. The Morgan fingerprint density at radius 1 is 1.33 bits per heavy atom. The molecule has 1 heterocycles. The average Bonchev–Trinajstić information content (AvgIpc) is 2.62. The molecule has 1 N–H and O–H groups in total. The van der Waals surface area contributed by atoms with E-state index in [1.807, 2.05) is 25.7 Å². The van der Waals surface area contributed by atoms with E-state index in [0.717, 1.165) is 45.4 Å². The van der Waals surface area contributed by atoms with Crippen molar-refractivity contribution in [1.82, 2.24) is 10.2 Å². The van der Waals surface area contributed by atoms with Gasteiger partial charge in [-0.1, -0.05) is 6.92 Å². The van der Waals surface area contributed by atoms with Gasteiger partial charge >= 0.3 is 6.09 Å². The molecule has 0 radical (unpaired) electrons. The molecule has 2 unspecified atom stereocenters. The van der Waals surface area contributed by atoms with Crippen LogP contribution < -0.4 is 5.32 Å². The summed E-state index contributed by atoms with van der Waals surface area (Å²) in [6, 6.07) is 0.852. The summed E-state index contributed by atoms with van der Waals surface area (Å²) in [6.07, 6.45) is 3.95. The summed E-state index contributed by atoms with van der Waals surface area (Å²) >= 11 is 0. The lowest BCUT2D eigenvalue weighted by molar-refractivity contribution is 0.0255. The van der Waals surface area contributed by atoms with E-state index < -0.39 is 5.60 Å². The second-order valence-corrected chi connectivity index (χ2v) is 6.82. The van der Waals surface area contributed by atoms with E-state index in [-0.39, 0.29) is 6.09 Å². The first kappa shape index (κ1) is 18.2. The Hall–Kier alpha value is -0.810. The molecule has 21 heavy (non-hydrogen) atoms. The Bertz CT molecular complexity index is 315. The predicted octanol–water partition coefficient (Wildman–Crippen LogP) is 2.79. The molecule has 1 amide bonds. The number of rotatable bonds is 5. The van der Waals surface area contributed by atoms with Gasteiger partial charge in [-0.3, -0.25) is 0 Å². The maximum absolute atomic E-state index is 12.1. The molecule has 0 aromatic rings. The molecular weight excluding hydrogens is 268 g/mol. The molecule has 0 spiro atoms. The number of likely N-dealkylation sites (tertiary alicyclic amines) is 1. The standard InChI is InChI=1S/C16H32N2O3/c1-6-13(12-20-5)17-14-8-7-10-18(11-9-14)15(19)21-16(2,3)4/h13-14,17H,6-12H2,1-5H3. The van der Waals surface area contributed by atoms with E-state index in [2.05, 4.69) is 12.2 Å². The van der Waals surface area contributed by atoms with E-state index in [1.165, 1.54) is 0 Å². The third-order valence-electron chi connectivity index (χ3n) is 3.71. The van der Waals surface area contributed by atoms with Crippen LogP contribution in [-0.2, 0) is 9.47 Å². The molecule has 0 aromatic heterocycles. The Kier molecular flexibility index (Phi) is 7.46. The Morgan fingerprint density at radius 3 is 2.62 bits per heavy atom. The number of hydrogen-bond donors (Lipinski definition) is 1. The Morgan fingerprint density at radius 2 is 2.05 bits per heavy atom. The lowest BCUT2D eigenvalue weighted by Gasteiger charge is -2.27. The van der Waals surface area contributed by atoms with Crippen molar-refractivity contribution in [1.29, 1.82) is 0 Å². The first-order valence-electron chi connectivity index (χ1n) is 8.08. The van der Waals surface area contributed by atoms with Crippen LogP contribution in [0, 0.1) is 0 Å². The lowest BCUT2D eigenvalue weighted by atomic mass is 10.1. The van der Waals surface area contributed by atoms with Gasteiger partial charge in [-0.2, -0.15) is 0 Å². The molecule has 1 aliphatic rings. The van der Waals surface area contributed by atoms with Crippen molar-refractivity contribution in [2.75, 3.05) is 26.8 Å². The molecule has 5 nitrogen and oxygen atoms in total. The molecule has 0 saturated carbocycles. The van der Waals surface area contributed by atoms with Crippen molar-refractivity contribution in [3.05, 3.63) is 0 Å². The second kappa shape index (κ2) is 8.59. The predicted molar refractivity (Wildman–Crippen MR) is 84.5 cm³/mol. The first-order chi connectivity index (χ1) is 9.85. The summed E-state index contributed by atoms with van der Waals surface area (Å²) < 4.78 is 10.7. The van der Waals surface area contributed by atoms with Crippen molar-refractivity contribution in [2.45, 2.75) is 71.1 Å². The Balaban J connectivity index is 2.44. The summed E-state index contributed by atoms with van der Waals surface area (Å²) in [5.74, 6) is 0. The van der Waals surface area contributed by atoms with Crippen molar-refractivity contribution < 1.29 is 14.3 Å². The Labute approximate surface area is 129 Å². The van der Waals surface area contributed by atoms with E-state index in [0.29, 0.717) is 12.1 Å². The van der Waals surface area contributed by atoms with Crippen LogP contribution in [0.4, 0.5) is 4.79 Å². The van der Waals surface area contributed by atoms with Crippen LogP contribution in [0.25, 0.3) is 0 Å². The summed E-state index contributed by atoms with van der Waals surface area (Å²) in [5, 5.41) is 3.65. The third kappa shape index (κ3) is 7.14. The smallest absolute Gasteiger partial charge is 0.410 e. The number of methoxy groups -OCH3 is 1. The highest BCUT2D eigenvalue weighted by Gasteiger charge is 2.25. The van der Waals surface area contributed by atoms with Crippen LogP contribution in [0.5, 0.6) is 0 Å². The molecule has 0 aromatic carbocycles. The number of nitrogens with one attached hydrogen (secondary N) is 1. The molecule has 0 aliphatic carbocycles. The SMILES string of the molecule is CCC(COC)NC1CCCN(C(=O)OC(C)(C)C)CC1. The molecule has 1 aliphatic heterocycles. The van der Waals surface area contributed by atoms with Crippen LogP contribution in [0.15, 0.2) is 0 Å². The molecule has 1 rings (SSSR count). The van der Waals surface area contributed by atoms with Gasteiger partial charge in [-0.15, -0.1) is 0 Å². The number of nitrogens with zero attached hydrogens (tertiary/aromatic N) is 1. The molecule has 1 fully saturated rings. The van der Waals surface area contributed by atoms with Gasteiger partial charge in [0.25, 0.3) is 0 Å². The monoisotopic (exact) mass is 300 g/mol. The summed E-state index contributed by atoms with van der Waals surface area (Å²) in [7, 11) is 1.74. The zero-order valence-corrected chi connectivity index (χ0v) is 14.3. The quantitative estimate of drug-likeness (QED) is 0.848. The molecule has 124 valence electrons. The number of carbonyl (C=O) groups excluding carboxylic acids is 1. The fourth-order valence-corrected chi connectivity index (χ4v) is 2.59. The fourth-order valence-electron chi connectivity index (χ4n) is 2.59. The highest BCUT2D eigenvalue weighted by molar-refractivity contribution is 5.68. The highest BCUT2D eigenvalue weighted by atomic mass is 16.6. The summed E-state index contributed by atoms with van der Waals surface area (Å²) in [6.45, 7) is 10.2. The largest absolute Gasteiger partial charge is 0.444 e. The van der Waals surface area contributed by atoms with Crippen LogP contribution in [0.3, 0.4) is 0 Å². The van der Waals surface area contributed by atoms with Gasteiger partial charge in [0.1, 0.15) is 5.60 Å². The van der Waals surface area contributed by atoms with Gasteiger partial charge in [0, 0.05) is 32.3 Å². The topological polar surface area (TPSA) is 50.8 Å². The van der Waals surface area contributed by atoms with Crippen LogP contribution in [0.1, 0.15) is 53.4 Å². The number of amides is 1. The van der Waals surface area contributed by atoms with Gasteiger partial charge < -0.3 is 19.7 Å². The van der Waals surface area contributed by atoms with E-state index >= 15 is 0 Å². The number of carbonyl (C=O) groups is 1. The van der Waals surface area contributed by atoms with Gasteiger partial charge in [-0.05, 0) is 46.5 Å². The minimum Gasteiger partial charge on any atom is -0.444 e. The summed E-state index contributed by atoms with van der Waals surface area (Å²) in [4.78, 5) is 14.0.